The third-order valence-corrected chi connectivity index (χ3v) is 7.80. The zero-order valence-electron chi connectivity index (χ0n) is 24.2. The third-order valence-electron chi connectivity index (χ3n) is 6.78. The van der Waals surface area contributed by atoms with E-state index >= 15 is 0 Å². The van der Waals surface area contributed by atoms with E-state index in [9.17, 15) is 9.59 Å². The Kier molecular flexibility index (Phi) is 10.7. The summed E-state index contributed by atoms with van der Waals surface area (Å²) in [5.74, 6) is -0.652. The van der Waals surface area contributed by atoms with Crippen molar-refractivity contribution < 1.29 is 14.7 Å². The predicted molar refractivity (Wildman–Crippen MR) is 164 cm³/mol. The lowest BCUT2D eigenvalue weighted by molar-refractivity contribution is -0.148. The number of thiazole rings is 1. The number of carbonyl (C=O) groups is 2. The second kappa shape index (κ2) is 14.0. The molecule has 0 fully saturated rings. The molecular formula is C31H39N5O3S. The fraction of sp³-hybridized carbons (Fsp3) is 0.387. The van der Waals surface area contributed by atoms with Crippen LogP contribution in [0.4, 0.5) is 9.93 Å². The molecule has 3 aromatic heterocycles. The first-order valence-electron chi connectivity index (χ1n) is 13.7. The van der Waals surface area contributed by atoms with Crippen molar-refractivity contribution in [2.24, 2.45) is 5.41 Å². The number of carboxylic acids is 1. The van der Waals surface area contributed by atoms with E-state index in [4.69, 9.17) is 5.11 Å². The van der Waals surface area contributed by atoms with Gasteiger partial charge in [-0.2, -0.15) is 0 Å². The Labute approximate surface area is 240 Å². The summed E-state index contributed by atoms with van der Waals surface area (Å²) in [6, 6.07) is 11.9. The van der Waals surface area contributed by atoms with Gasteiger partial charge in [-0.25, -0.2) is 9.78 Å². The maximum absolute atomic E-state index is 11.9. The second-order valence-corrected chi connectivity index (χ2v) is 11.1. The summed E-state index contributed by atoms with van der Waals surface area (Å²) in [5, 5.41) is 15.0. The molecule has 0 saturated carbocycles. The minimum absolute atomic E-state index is 0.260. The number of carboxylic acid groups (broad SMARTS) is 1. The molecule has 2 amide bonds. The number of rotatable bonds is 9. The van der Waals surface area contributed by atoms with E-state index in [2.05, 4.69) is 44.6 Å². The molecule has 4 rings (SSSR count). The molecule has 0 saturated heterocycles. The molecular weight excluding hydrogens is 522 g/mol. The second-order valence-electron chi connectivity index (χ2n) is 10.1. The molecule has 0 spiro atoms. The van der Waals surface area contributed by atoms with Gasteiger partial charge in [0, 0.05) is 35.8 Å². The Morgan fingerprint density at radius 3 is 2.30 bits per heavy atom. The monoisotopic (exact) mass is 561 g/mol. The number of nitrogens with zero attached hydrogens (tertiary/aromatic N) is 3. The van der Waals surface area contributed by atoms with Crippen LogP contribution >= 0.6 is 11.3 Å². The van der Waals surface area contributed by atoms with Crippen LogP contribution in [0.1, 0.15) is 64.6 Å². The topological polar surface area (TPSA) is 117 Å². The number of hydrogen-bond donors (Lipinski definition) is 3. The lowest BCUT2D eigenvalue weighted by Gasteiger charge is -2.23. The Morgan fingerprint density at radius 2 is 1.73 bits per heavy atom. The van der Waals surface area contributed by atoms with E-state index in [-0.39, 0.29) is 6.03 Å². The van der Waals surface area contributed by atoms with Crippen LogP contribution < -0.4 is 10.6 Å². The van der Waals surface area contributed by atoms with Gasteiger partial charge in [-0.15, -0.1) is 0 Å². The van der Waals surface area contributed by atoms with Crippen molar-refractivity contribution in [1.29, 1.82) is 0 Å². The molecule has 0 atom stereocenters. The van der Waals surface area contributed by atoms with Crippen LogP contribution in [0, 0.1) is 19.3 Å². The van der Waals surface area contributed by atoms with Crippen LogP contribution in [0.2, 0.25) is 0 Å². The molecule has 1 aromatic carbocycles. The van der Waals surface area contributed by atoms with E-state index in [0.29, 0.717) is 11.7 Å². The number of hydrogen-bond acceptors (Lipinski definition) is 6. The zero-order valence-corrected chi connectivity index (χ0v) is 25.0. The van der Waals surface area contributed by atoms with Crippen molar-refractivity contribution in [2.45, 2.75) is 67.2 Å². The summed E-state index contributed by atoms with van der Waals surface area (Å²) < 4.78 is 0.982. The Balaban J connectivity index is 0.000000342. The Hall–Kier alpha value is -3.85. The van der Waals surface area contributed by atoms with Crippen LogP contribution in [0.3, 0.4) is 0 Å². The van der Waals surface area contributed by atoms with Gasteiger partial charge in [0.25, 0.3) is 0 Å². The lowest BCUT2D eigenvalue weighted by Crippen LogP contribution is -2.28. The lowest BCUT2D eigenvalue weighted by atomic mass is 9.81. The average Bonchev–Trinajstić information content (AvgIpc) is 3.33. The van der Waals surface area contributed by atoms with Crippen LogP contribution in [0.15, 0.2) is 48.8 Å². The van der Waals surface area contributed by atoms with Crippen molar-refractivity contribution in [3.8, 4) is 22.4 Å². The number of pyridine rings is 2. The Morgan fingerprint density at radius 1 is 1.00 bits per heavy atom. The summed E-state index contributed by atoms with van der Waals surface area (Å²) in [6.45, 7) is 12.4. The van der Waals surface area contributed by atoms with Crippen LogP contribution in [-0.4, -0.2) is 38.6 Å². The third kappa shape index (κ3) is 7.63. The quantitative estimate of drug-likeness (QED) is 0.191. The number of aliphatic carboxylic acids is 1. The summed E-state index contributed by atoms with van der Waals surface area (Å²) in [7, 11) is 0. The molecule has 0 aliphatic heterocycles. The van der Waals surface area contributed by atoms with Crippen LogP contribution in [0.25, 0.3) is 32.6 Å². The van der Waals surface area contributed by atoms with Crippen molar-refractivity contribution in [3.05, 3.63) is 60.0 Å². The van der Waals surface area contributed by atoms with E-state index < -0.39 is 11.4 Å². The molecule has 0 unspecified atom stereocenters. The summed E-state index contributed by atoms with van der Waals surface area (Å²) in [6.07, 6.45) is 7.13. The van der Waals surface area contributed by atoms with Gasteiger partial charge in [-0.1, -0.05) is 44.1 Å². The van der Waals surface area contributed by atoms with Gasteiger partial charge in [0.2, 0.25) is 0 Å². The highest BCUT2D eigenvalue weighted by Gasteiger charge is 2.30. The molecule has 0 radical (unpaired) electrons. The highest BCUT2D eigenvalue weighted by atomic mass is 32.1. The number of nitrogens with one attached hydrogen (secondary N) is 2. The minimum atomic E-state index is -0.652. The molecule has 0 aliphatic carbocycles. The zero-order chi connectivity index (χ0) is 29.3. The number of amides is 2. The molecule has 40 heavy (non-hydrogen) atoms. The minimum Gasteiger partial charge on any atom is -0.481 e. The molecule has 0 bridgehead atoms. The van der Waals surface area contributed by atoms with Crippen molar-refractivity contribution >= 4 is 38.7 Å². The molecule has 0 aliphatic rings. The number of carbonyl (C=O) groups excluding carboxylic acids is 1. The summed E-state index contributed by atoms with van der Waals surface area (Å²) in [5.41, 5.74) is 6.38. The largest absolute Gasteiger partial charge is 0.481 e. The molecule has 212 valence electrons. The van der Waals surface area contributed by atoms with Gasteiger partial charge < -0.3 is 10.4 Å². The summed E-state index contributed by atoms with van der Waals surface area (Å²) in [4.78, 5) is 36.4. The van der Waals surface area contributed by atoms with Crippen LogP contribution in [-0.2, 0) is 4.79 Å². The van der Waals surface area contributed by atoms with Crippen molar-refractivity contribution in [1.82, 2.24) is 20.3 Å². The molecule has 3 heterocycles. The number of urea groups is 1. The molecule has 9 heteroatoms. The maximum Gasteiger partial charge on any atom is 0.321 e. The highest BCUT2D eigenvalue weighted by Crippen LogP contribution is 2.38. The summed E-state index contributed by atoms with van der Waals surface area (Å²) >= 11 is 1.44. The number of aryl methyl sites for hydroxylation is 2. The van der Waals surface area contributed by atoms with Gasteiger partial charge in [-0.05, 0) is 82.0 Å². The van der Waals surface area contributed by atoms with E-state index in [1.165, 1.54) is 11.3 Å². The first kappa shape index (κ1) is 30.7. The number of benzene rings is 1. The molecule has 4 aromatic rings. The van der Waals surface area contributed by atoms with E-state index in [0.717, 1.165) is 69.5 Å². The van der Waals surface area contributed by atoms with Gasteiger partial charge in [0.15, 0.2) is 5.13 Å². The predicted octanol–water partition coefficient (Wildman–Crippen LogP) is 7.86. The normalized spacial score (nSPS) is 11.1. The van der Waals surface area contributed by atoms with Gasteiger partial charge in [0.1, 0.15) is 0 Å². The fourth-order valence-corrected chi connectivity index (χ4v) is 5.47. The van der Waals surface area contributed by atoms with Gasteiger partial charge in [-0.3, -0.25) is 20.1 Å². The average molecular weight is 562 g/mol. The smallest absolute Gasteiger partial charge is 0.321 e. The van der Waals surface area contributed by atoms with Gasteiger partial charge in [0.05, 0.1) is 21.3 Å². The van der Waals surface area contributed by atoms with Gasteiger partial charge >= 0.3 is 12.0 Å². The van der Waals surface area contributed by atoms with Crippen LogP contribution in [0.5, 0.6) is 0 Å². The number of fused-ring (bicyclic) bond motifs is 1. The molecule has 8 nitrogen and oxygen atoms in total. The number of aromatic nitrogens is 3. The van der Waals surface area contributed by atoms with E-state index in [1.54, 1.807) is 6.20 Å². The van der Waals surface area contributed by atoms with Crippen molar-refractivity contribution in [2.75, 3.05) is 11.9 Å². The Bertz CT molecular complexity index is 1450. The molecule has 3 N–H and O–H groups in total. The first-order chi connectivity index (χ1) is 19.1. The highest BCUT2D eigenvalue weighted by molar-refractivity contribution is 7.22. The van der Waals surface area contributed by atoms with Crippen molar-refractivity contribution in [3.63, 3.8) is 0 Å². The SMILES string of the molecule is CCCC(C)(CCC)C(=O)O.CCNC(=O)Nc1nc2cc(-c3cnc(C)c(C)c3)cc(-c3ccccn3)c2s1. The first-order valence-corrected chi connectivity index (χ1v) is 14.5. The standard InChI is InChI=1S/C22H21N5OS.C9H18O2/c1-4-23-21(28)27-22-26-19-11-15(16-9-13(2)14(3)25-12-16)10-17(20(19)29-22)18-7-5-6-8-24-18;1-4-6-9(3,7-5-2)8(10)11/h5-12H,4H2,1-3H3,(H2,23,26,27,28);4-7H2,1-3H3,(H,10,11). The fourth-order valence-electron chi connectivity index (χ4n) is 4.51. The van der Waals surface area contributed by atoms with E-state index in [1.807, 2.05) is 65.1 Å². The maximum atomic E-state index is 11.9. The number of anilines is 1.